The molecule has 30 heavy (non-hydrogen) atoms. The lowest BCUT2D eigenvalue weighted by Crippen LogP contribution is -2.26. The van der Waals surface area contributed by atoms with Gasteiger partial charge in [-0.3, -0.25) is 0 Å². The van der Waals surface area contributed by atoms with Gasteiger partial charge in [0.2, 0.25) is 0 Å². The molecule has 0 fully saturated rings. The Kier molecular flexibility index (Phi) is 6.30. The molecule has 0 aliphatic heterocycles. The van der Waals surface area contributed by atoms with E-state index in [4.69, 9.17) is 0 Å². The van der Waals surface area contributed by atoms with E-state index in [2.05, 4.69) is 56.9 Å². The van der Waals surface area contributed by atoms with Crippen LogP contribution in [0.2, 0.25) is 0 Å². The van der Waals surface area contributed by atoms with Crippen molar-refractivity contribution in [3.63, 3.8) is 0 Å². The first-order chi connectivity index (χ1) is 14.0. The maximum Gasteiger partial charge on any atom is 0.471 e. The average molecular weight is 421 g/mol. The van der Waals surface area contributed by atoms with Crippen molar-refractivity contribution < 1.29 is 17.7 Å². The molecule has 0 saturated heterocycles. The molecule has 162 valence electrons. The Morgan fingerprint density at radius 2 is 1.90 bits per heavy atom. The van der Waals surface area contributed by atoms with Crippen LogP contribution in [0, 0.1) is 5.41 Å². The quantitative estimate of drug-likeness (QED) is 0.539. The highest BCUT2D eigenvalue weighted by atomic mass is 19.4. The molecule has 6 nitrogen and oxygen atoms in total. The van der Waals surface area contributed by atoms with Crippen LogP contribution in [0.15, 0.2) is 29.0 Å². The van der Waals surface area contributed by atoms with Gasteiger partial charge in [0.15, 0.2) is 5.82 Å². The zero-order chi connectivity index (χ0) is 21.9. The third kappa shape index (κ3) is 5.91. The second-order valence-electron chi connectivity index (χ2n) is 8.59. The summed E-state index contributed by atoms with van der Waals surface area (Å²) < 4.78 is 43.9. The van der Waals surface area contributed by atoms with Gasteiger partial charge < -0.3 is 14.0 Å². The highest BCUT2D eigenvalue weighted by Crippen LogP contribution is 2.27. The van der Waals surface area contributed by atoms with Crippen molar-refractivity contribution in [2.45, 2.75) is 39.9 Å². The van der Waals surface area contributed by atoms with E-state index in [0.29, 0.717) is 5.41 Å². The number of alkyl halides is 3. The zero-order valence-corrected chi connectivity index (χ0v) is 17.6. The van der Waals surface area contributed by atoms with Crippen LogP contribution < -0.4 is 0 Å². The molecule has 0 amide bonds. The van der Waals surface area contributed by atoms with Gasteiger partial charge in [-0.2, -0.15) is 18.2 Å². The first-order valence-electron chi connectivity index (χ1n) is 9.74. The van der Waals surface area contributed by atoms with Gasteiger partial charge in [-0.05, 0) is 49.2 Å². The molecule has 0 bridgehead atoms. The van der Waals surface area contributed by atoms with Gasteiger partial charge in [0, 0.05) is 13.1 Å². The summed E-state index contributed by atoms with van der Waals surface area (Å²) in [7, 11) is 2.12. The van der Waals surface area contributed by atoms with Crippen LogP contribution in [0.25, 0.3) is 23.2 Å². The van der Waals surface area contributed by atoms with E-state index in [1.807, 2.05) is 24.5 Å². The average Bonchev–Trinajstić information content (AvgIpc) is 3.29. The van der Waals surface area contributed by atoms with E-state index in [1.165, 1.54) is 6.08 Å². The molecular formula is C21H26F3N5O. The summed E-state index contributed by atoms with van der Waals surface area (Å²) in [6.07, 6.45) is 1.30. The molecule has 0 unspecified atom stereocenters. The van der Waals surface area contributed by atoms with Crippen molar-refractivity contribution in [1.29, 1.82) is 0 Å². The summed E-state index contributed by atoms with van der Waals surface area (Å²) in [5.41, 5.74) is 2.93. The van der Waals surface area contributed by atoms with Crippen molar-refractivity contribution in [2.24, 2.45) is 5.41 Å². The van der Waals surface area contributed by atoms with Gasteiger partial charge in [-0.1, -0.05) is 38.1 Å². The normalized spacial score (nSPS) is 13.2. The molecule has 2 heterocycles. The molecule has 0 radical (unpaired) electrons. The maximum absolute atomic E-state index is 12.5. The lowest BCUT2D eigenvalue weighted by Gasteiger charge is -2.23. The highest BCUT2D eigenvalue weighted by Gasteiger charge is 2.38. The molecule has 1 aromatic carbocycles. The number of hydrogen-bond acceptors (Lipinski definition) is 5. The fourth-order valence-electron chi connectivity index (χ4n) is 2.87. The van der Waals surface area contributed by atoms with Crippen molar-refractivity contribution in [3.8, 4) is 0 Å². The summed E-state index contributed by atoms with van der Waals surface area (Å²) in [5.74, 6) is -1.49. The minimum absolute atomic E-state index is 0.133. The lowest BCUT2D eigenvalue weighted by molar-refractivity contribution is -0.159. The third-order valence-electron chi connectivity index (χ3n) is 4.72. The van der Waals surface area contributed by atoms with Gasteiger partial charge >= 0.3 is 12.1 Å². The molecule has 0 N–H and O–H groups in total. The Bertz CT molecular complexity index is 1010. The van der Waals surface area contributed by atoms with E-state index in [-0.39, 0.29) is 5.82 Å². The third-order valence-corrected chi connectivity index (χ3v) is 4.72. The predicted molar refractivity (Wildman–Crippen MR) is 110 cm³/mol. The van der Waals surface area contributed by atoms with Crippen LogP contribution in [0.5, 0.6) is 0 Å². The second kappa shape index (κ2) is 8.59. The first-order valence-corrected chi connectivity index (χ1v) is 9.74. The first kappa shape index (κ1) is 22.0. The van der Waals surface area contributed by atoms with Crippen LogP contribution in [-0.2, 0) is 12.7 Å². The van der Waals surface area contributed by atoms with Gasteiger partial charge in [-0.15, -0.1) is 0 Å². The Morgan fingerprint density at radius 1 is 1.13 bits per heavy atom. The van der Waals surface area contributed by atoms with Gasteiger partial charge in [0.05, 0.1) is 17.4 Å². The molecule has 3 aromatic rings. The monoisotopic (exact) mass is 421 g/mol. The molecule has 0 spiro atoms. The summed E-state index contributed by atoms with van der Waals surface area (Å²) in [5, 5.41) is 3.32. The standard InChI is InChI=1S/C21H26F3N5O/c1-20(2,3)9-10-28(4)11-12-29-14-25-16-13-15(5-7-17(16)29)6-8-18-26-19(30-27-18)21(22,23)24/h5-8,13-14H,9-12H2,1-4H3/b8-6+. The number of aromatic nitrogens is 4. The molecule has 0 saturated carbocycles. The number of likely N-dealkylation sites (N-methyl/N-ethyl adjacent to an activating group) is 1. The molecule has 0 atom stereocenters. The maximum atomic E-state index is 12.5. The number of nitrogens with zero attached hydrogens (tertiary/aromatic N) is 5. The van der Waals surface area contributed by atoms with Crippen LogP contribution in [0.4, 0.5) is 13.2 Å². The summed E-state index contributed by atoms with van der Waals surface area (Å²) >= 11 is 0. The topological polar surface area (TPSA) is 60.0 Å². The van der Waals surface area contributed by atoms with E-state index >= 15 is 0 Å². The van der Waals surface area contributed by atoms with Gasteiger partial charge in [-0.25, -0.2) is 4.98 Å². The summed E-state index contributed by atoms with van der Waals surface area (Å²) in [6.45, 7) is 9.51. The molecule has 0 aliphatic rings. The molecule has 2 aromatic heterocycles. The number of hydrogen-bond donors (Lipinski definition) is 0. The van der Waals surface area contributed by atoms with Crippen molar-refractivity contribution >= 4 is 23.2 Å². The van der Waals surface area contributed by atoms with Crippen LogP contribution in [-0.4, -0.2) is 44.7 Å². The summed E-state index contributed by atoms with van der Waals surface area (Å²) in [4.78, 5) is 10.1. The minimum atomic E-state index is -4.65. The van der Waals surface area contributed by atoms with Crippen LogP contribution in [0.1, 0.15) is 44.5 Å². The number of fused-ring (bicyclic) bond motifs is 1. The van der Waals surface area contributed by atoms with Gasteiger partial charge in [0.25, 0.3) is 0 Å². The summed E-state index contributed by atoms with van der Waals surface area (Å²) in [6, 6.07) is 5.70. The number of benzene rings is 1. The molecule has 9 heteroatoms. The molecule has 0 aliphatic carbocycles. The Balaban J connectivity index is 1.63. The smallest absolute Gasteiger partial charge is 0.329 e. The van der Waals surface area contributed by atoms with Crippen molar-refractivity contribution in [3.05, 3.63) is 41.8 Å². The minimum Gasteiger partial charge on any atom is -0.329 e. The van der Waals surface area contributed by atoms with E-state index in [9.17, 15) is 13.2 Å². The number of halogens is 3. The van der Waals surface area contributed by atoms with E-state index in [0.717, 1.165) is 42.7 Å². The van der Waals surface area contributed by atoms with E-state index in [1.54, 1.807) is 6.08 Å². The molecular weight excluding hydrogens is 395 g/mol. The largest absolute Gasteiger partial charge is 0.471 e. The Hall–Kier alpha value is -2.68. The fraction of sp³-hybridized carbons (Fsp3) is 0.476. The SMILES string of the molecule is CN(CCn1cnc2cc(/C=C/c3noc(C(F)(F)F)n3)ccc21)CCC(C)(C)C. The van der Waals surface area contributed by atoms with Gasteiger partial charge in [0.1, 0.15) is 0 Å². The fourth-order valence-corrected chi connectivity index (χ4v) is 2.87. The van der Waals surface area contributed by atoms with Crippen LogP contribution >= 0.6 is 0 Å². The number of rotatable bonds is 7. The number of imidazole rings is 1. The highest BCUT2D eigenvalue weighted by molar-refractivity contribution is 5.80. The van der Waals surface area contributed by atoms with E-state index < -0.39 is 12.1 Å². The lowest BCUT2D eigenvalue weighted by atomic mass is 9.92. The Morgan fingerprint density at radius 3 is 2.57 bits per heavy atom. The van der Waals surface area contributed by atoms with Crippen molar-refractivity contribution in [1.82, 2.24) is 24.6 Å². The predicted octanol–water partition coefficient (Wildman–Crippen LogP) is 4.98. The zero-order valence-electron chi connectivity index (χ0n) is 17.6. The van der Waals surface area contributed by atoms with Crippen LogP contribution in [0.3, 0.4) is 0 Å². The van der Waals surface area contributed by atoms with Crippen molar-refractivity contribution in [2.75, 3.05) is 20.1 Å². The Labute approximate surface area is 173 Å². The second-order valence-corrected chi connectivity index (χ2v) is 8.59. The molecule has 3 rings (SSSR count).